The predicted octanol–water partition coefficient (Wildman–Crippen LogP) is 2.15. The van der Waals surface area contributed by atoms with Crippen LogP contribution >= 0.6 is 0 Å². The lowest BCUT2D eigenvalue weighted by molar-refractivity contribution is -0.885. The molecule has 3 nitrogen and oxygen atoms in total. The molecule has 2 N–H and O–H groups in total. The second-order valence-corrected chi connectivity index (χ2v) is 6.73. The molecule has 24 heavy (non-hydrogen) atoms. The Morgan fingerprint density at radius 3 is 2.46 bits per heavy atom. The number of aryl methyl sites for hydroxylation is 2. The Morgan fingerprint density at radius 2 is 1.75 bits per heavy atom. The summed E-state index contributed by atoms with van der Waals surface area (Å²) >= 11 is 0. The van der Waals surface area contributed by atoms with E-state index in [0.29, 0.717) is 6.54 Å². The van der Waals surface area contributed by atoms with Crippen molar-refractivity contribution in [3.63, 3.8) is 0 Å². The minimum absolute atomic E-state index is 0.127. The normalized spacial score (nSPS) is 13.3. The van der Waals surface area contributed by atoms with E-state index in [0.717, 1.165) is 19.4 Å². The largest absolute Gasteiger partial charge is 0.349 e. The molecule has 0 aliphatic heterocycles. The van der Waals surface area contributed by atoms with Crippen LogP contribution in [-0.4, -0.2) is 25.5 Å². The van der Waals surface area contributed by atoms with Crippen LogP contribution in [0, 0.1) is 6.92 Å². The van der Waals surface area contributed by atoms with Crippen molar-refractivity contribution in [2.45, 2.75) is 39.3 Å². The van der Waals surface area contributed by atoms with E-state index in [4.69, 9.17) is 0 Å². The maximum atomic E-state index is 12.2. The first kappa shape index (κ1) is 18.2. The Morgan fingerprint density at radius 1 is 1.08 bits per heavy atom. The molecule has 0 fully saturated rings. The molecule has 0 aliphatic rings. The van der Waals surface area contributed by atoms with Crippen LogP contribution in [0.2, 0.25) is 0 Å². The van der Waals surface area contributed by atoms with Crippen LogP contribution < -0.4 is 10.2 Å². The van der Waals surface area contributed by atoms with Crippen molar-refractivity contribution in [3.05, 3.63) is 71.3 Å². The van der Waals surface area contributed by atoms with E-state index in [1.807, 2.05) is 6.07 Å². The van der Waals surface area contributed by atoms with Gasteiger partial charge in [-0.15, -0.1) is 0 Å². The van der Waals surface area contributed by atoms with Crippen molar-refractivity contribution in [1.29, 1.82) is 0 Å². The molecule has 0 spiro atoms. The van der Waals surface area contributed by atoms with E-state index in [2.05, 4.69) is 74.7 Å². The number of rotatable bonds is 8. The van der Waals surface area contributed by atoms with Crippen molar-refractivity contribution in [3.8, 4) is 0 Å². The fourth-order valence-corrected chi connectivity index (χ4v) is 2.90. The monoisotopic (exact) mass is 325 g/mol. The number of quaternary nitrogens is 1. The Kier molecular flexibility index (Phi) is 7.01. The summed E-state index contributed by atoms with van der Waals surface area (Å²) in [6, 6.07) is 19.0. The van der Waals surface area contributed by atoms with Gasteiger partial charge in [-0.2, -0.15) is 0 Å². The molecule has 1 unspecified atom stereocenters. The summed E-state index contributed by atoms with van der Waals surface area (Å²) < 4.78 is 0. The molecule has 0 aromatic heterocycles. The van der Waals surface area contributed by atoms with Crippen molar-refractivity contribution < 1.29 is 9.69 Å². The van der Waals surface area contributed by atoms with Crippen LogP contribution in [0.3, 0.4) is 0 Å². The molecule has 2 aromatic carbocycles. The number of benzene rings is 2. The molecular formula is C21H29N2O+. The minimum Gasteiger partial charge on any atom is -0.349 e. The van der Waals surface area contributed by atoms with Gasteiger partial charge in [0.2, 0.25) is 0 Å². The third-order valence-corrected chi connectivity index (χ3v) is 4.33. The van der Waals surface area contributed by atoms with E-state index >= 15 is 0 Å². The highest BCUT2D eigenvalue weighted by molar-refractivity contribution is 5.77. The quantitative estimate of drug-likeness (QED) is 0.766. The van der Waals surface area contributed by atoms with Crippen molar-refractivity contribution in [2.24, 2.45) is 0 Å². The number of hydrogen-bond acceptors (Lipinski definition) is 1. The molecule has 2 atom stereocenters. The number of nitrogens with one attached hydrogen (secondary N) is 2. The first-order valence-electron chi connectivity index (χ1n) is 8.73. The lowest BCUT2D eigenvalue weighted by Gasteiger charge is -2.18. The first-order chi connectivity index (χ1) is 11.5. The molecule has 0 saturated heterocycles. The number of carbonyl (C=O) groups is 1. The third kappa shape index (κ3) is 6.17. The molecule has 0 heterocycles. The highest BCUT2D eigenvalue weighted by Gasteiger charge is 2.13. The highest BCUT2D eigenvalue weighted by atomic mass is 16.2. The lowest BCUT2D eigenvalue weighted by atomic mass is 10.1. The standard InChI is InChI=1S/C21H28N2O/c1-17-9-7-8-12-20(17)15-23(3)16-21(24)22-18(2)13-14-19-10-5-4-6-11-19/h4-12,18H,13-16H2,1-3H3,(H,22,24)/p+1/t18-/m0/s1. The van der Waals surface area contributed by atoms with Crippen molar-refractivity contribution in [1.82, 2.24) is 5.32 Å². The summed E-state index contributed by atoms with van der Waals surface area (Å²) in [5, 5.41) is 3.12. The molecule has 1 amide bonds. The van der Waals surface area contributed by atoms with Crippen LogP contribution in [0.1, 0.15) is 30.0 Å². The topological polar surface area (TPSA) is 33.5 Å². The first-order valence-corrected chi connectivity index (χ1v) is 8.73. The molecule has 0 saturated carbocycles. The zero-order chi connectivity index (χ0) is 17.4. The van der Waals surface area contributed by atoms with E-state index in [-0.39, 0.29) is 11.9 Å². The highest BCUT2D eigenvalue weighted by Crippen LogP contribution is 2.05. The summed E-state index contributed by atoms with van der Waals surface area (Å²) in [5.74, 6) is 0.127. The van der Waals surface area contributed by atoms with Gasteiger partial charge in [0.15, 0.2) is 6.54 Å². The molecule has 2 aromatic rings. The number of hydrogen-bond donors (Lipinski definition) is 2. The zero-order valence-corrected chi connectivity index (χ0v) is 15.0. The van der Waals surface area contributed by atoms with Crippen LogP contribution in [0.5, 0.6) is 0 Å². The second kappa shape index (κ2) is 9.24. The minimum atomic E-state index is 0.127. The Hall–Kier alpha value is -2.13. The smallest absolute Gasteiger partial charge is 0.275 e. The summed E-state index contributed by atoms with van der Waals surface area (Å²) in [6.07, 6.45) is 1.96. The molecule has 0 aliphatic carbocycles. The molecule has 2 rings (SSSR count). The maximum absolute atomic E-state index is 12.2. The van der Waals surface area contributed by atoms with E-state index in [1.54, 1.807) is 0 Å². The summed E-state index contributed by atoms with van der Waals surface area (Å²) in [4.78, 5) is 13.4. The van der Waals surface area contributed by atoms with Gasteiger partial charge >= 0.3 is 0 Å². The molecule has 3 heteroatoms. The summed E-state index contributed by atoms with van der Waals surface area (Å²) in [5.41, 5.74) is 3.91. The van der Waals surface area contributed by atoms with Gasteiger partial charge in [-0.3, -0.25) is 4.79 Å². The Bertz CT molecular complexity index is 639. The van der Waals surface area contributed by atoms with Crippen molar-refractivity contribution in [2.75, 3.05) is 13.6 Å². The van der Waals surface area contributed by atoms with Gasteiger partial charge in [0.25, 0.3) is 5.91 Å². The van der Waals surface area contributed by atoms with Gasteiger partial charge in [0, 0.05) is 11.6 Å². The zero-order valence-electron chi connectivity index (χ0n) is 15.0. The van der Waals surface area contributed by atoms with Crippen molar-refractivity contribution >= 4 is 5.91 Å². The number of amides is 1. The third-order valence-electron chi connectivity index (χ3n) is 4.33. The summed E-state index contributed by atoms with van der Waals surface area (Å²) in [7, 11) is 2.07. The van der Waals surface area contributed by atoms with Gasteiger partial charge in [-0.05, 0) is 37.8 Å². The van der Waals surface area contributed by atoms with E-state index in [9.17, 15) is 4.79 Å². The Balaban J connectivity index is 1.72. The molecule has 0 bridgehead atoms. The summed E-state index contributed by atoms with van der Waals surface area (Å²) in [6.45, 7) is 5.58. The fraction of sp³-hybridized carbons (Fsp3) is 0.381. The van der Waals surface area contributed by atoms with Gasteiger partial charge < -0.3 is 10.2 Å². The van der Waals surface area contributed by atoms with Crippen LogP contribution in [0.15, 0.2) is 54.6 Å². The van der Waals surface area contributed by atoms with Crippen LogP contribution in [0.4, 0.5) is 0 Å². The predicted molar refractivity (Wildman–Crippen MR) is 99.0 cm³/mol. The average Bonchev–Trinajstić information content (AvgIpc) is 2.56. The average molecular weight is 325 g/mol. The Labute approximate surface area is 145 Å². The van der Waals surface area contributed by atoms with Gasteiger partial charge in [0.1, 0.15) is 6.54 Å². The van der Waals surface area contributed by atoms with Crippen LogP contribution in [-0.2, 0) is 17.8 Å². The van der Waals surface area contributed by atoms with Gasteiger partial charge in [-0.1, -0.05) is 54.6 Å². The molecule has 128 valence electrons. The molecular weight excluding hydrogens is 296 g/mol. The lowest BCUT2D eigenvalue weighted by Crippen LogP contribution is -3.09. The number of carbonyl (C=O) groups excluding carboxylic acids is 1. The maximum Gasteiger partial charge on any atom is 0.275 e. The van der Waals surface area contributed by atoms with Crippen LogP contribution in [0.25, 0.3) is 0 Å². The SMILES string of the molecule is Cc1ccccc1C[NH+](C)CC(=O)N[C@@H](C)CCc1ccccc1. The van der Waals surface area contributed by atoms with Gasteiger partial charge in [0.05, 0.1) is 7.05 Å². The second-order valence-electron chi connectivity index (χ2n) is 6.73. The van der Waals surface area contributed by atoms with E-state index in [1.165, 1.54) is 21.6 Å². The van der Waals surface area contributed by atoms with E-state index < -0.39 is 0 Å². The number of likely N-dealkylation sites (N-methyl/N-ethyl adjacent to an activating group) is 1. The fourth-order valence-electron chi connectivity index (χ4n) is 2.90. The van der Waals surface area contributed by atoms with Gasteiger partial charge in [-0.25, -0.2) is 0 Å². The molecule has 0 radical (unpaired) electrons.